The number of carbonyl (C=O) groups excluding carboxylic acids is 3. The zero-order valence-corrected chi connectivity index (χ0v) is 27.6. The lowest BCUT2D eigenvalue weighted by Gasteiger charge is -2.39. The van der Waals surface area contributed by atoms with Crippen molar-refractivity contribution in [3.8, 4) is 0 Å². The Hall–Kier alpha value is -4.17. The minimum atomic E-state index is -1.66. The third-order valence-electron chi connectivity index (χ3n) is 6.94. The average molecular weight is 737 g/mol. The smallest absolute Gasteiger partial charge is 0.327 e. The number of ether oxygens (including phenoxy) is 2. The Morgan fingerprint density at radius 1 is 1.06 bits per heavy atom. The van der Waals surface area contributed by atoms with Gasteiger partial charge in [0.25, 0.3) is 0 Å². The van der Waals surface area contributed by atoms with E-state index in [1.54, 1.807) is 0 Å². The van der Waals surface area contributed by atoms with E-state index in [4.69, 9.17) is 26.7 Å². The van der Waals surface area contributed by atoms with Gasteiger partial charge in [0.1, 0.15) is 36.5 Å². The van der Waals surface area contributed by atoms with E-state index >= 15 is 0 Å². The molecule has 1 aromatic rings. The summed E-state index contributed by atoms with van der Waals surface area (Å²) in [4.78, 5) is 64.3. The third-order valence-corrected chi connectivity index (χ3v) is 8.01. The van der Waals surface area contributed by atoms with Crippen molar-refractivity contribution in [1.82, 2.24) is 30.9 Å². The summed E-state index contributed by atoms with van der Waals surface area (Å²) in [6.07, 6.45) is -5.90. The van der Waals surface area contributed by atoms with E-state index in [0.717, 1.165) is 11.8 Å². The number of hydrogen-bond donors (Lipinski definition) is 12. The molecule has 2 rings (SSSR count). The number of nitrogens with two attached hydrogens (primary N) is 3. The van der Waals surface area contributed by atoms with Crippen LogP contribution in [0.2, 0.25) is 0 Å². The van der Waals surface area contributed by atoms with Gasteiger partial charge in [-0.15, -0.1) is 5.10 Å². The van der Waals surface area contributed by atoms with E-state index in [0.29, 0.717) is 12.1 Å². The average Bonchev–Trinajstić information content (AvgIpc) is 3.51. The van der Waals surface area contributed by atoms with E-state index in [-0.39, 0.29) is 43.6 Å². The van der Waals surface area contributed by atoms with Gasteiger partial charge in [0.15, 0.2) is 12.2 Å². The van der Waals surface area contributed by atoms with Gasteiger partial charge in [0, 0.05) is 24.2 Å². The molecule has 0 saturated carbocycles. The molecule has 0 aliphatic carbocycles. The highest BCUT2D eigenvalue weighted by atomic mass is 32.2. The number of nitrogens with one attached hydrogen (secondary N) is 3. The lowest BCUT2D eigenvalue weighted by atomic mass is 9.99. The molecular weight excluding hydrogens is 692 g/mol. The number of carboxylic acid groups (broad SMARTS) is 2. The number of amides is 3. The van der Waals surface area contributed by atoms with Crippen LogP contribution in [0.4, 0.5) is 0 Å². The molecule has 0 radical (unpaired) electrons. The molecule has 8 atom stereocenters. The van der Waals surface area contributed by atoms with Crippen LogP contribution >= 0.6 is 11.8 Å². The molecule has 0 spiro atoms. The Kier molecular flexibility index (Phi) is 17.8. The zero-order chi connectivity index (χ0) is 37.4. The maximum atomic E-state index is 12.8. The van der Waals surface area contributed by atoms with Crippen molar-refractivity contribution in [3.63, 3.8) is 0 Å². The lowest BCUT2D eigenvalue weighted by molar-refractivity contribution is -0.301. The molecular formula is C26H44N10O13S. The molecule has 2 heterocycles. The summed E-state index contributed by atoms with van der Waals surface area (Å²) in [6, 6.07) is -4.14. The minimum Gasteiger partial charge on any atom is -0.481 e. The molecule has 1 aromatic heterocycles. The van der Waals surface area contributed by atoms with Crippen LogP contribution in [0, 0.1) is 0 Å². The predicted octanol–water partition coefficient (Wildman–Crippen LogP) is -6.65. The SMILES string of the molecule is NC(N)=NCCC[C@H](N)C(=O)NCC(=O)N[C@@H](CC(=O)O)C(=O)N[C@@H](CSCc1cn(CCO[C@@H]2O[C@H](CO)[C@@H](O)[C@H](O)[C@H]2O)nn1)C(=O)O. The number of rotatable bonds is 22. The van der Waals surface area contributed by atoms with Gasteiger partial charge in [-0.1, -0.05) is 5.21 Å². The van der Waals surface area contributed by atoms with Gasteiger partial charge in [-0.3, -0.25) is 24.2 Å². The van der Waals surface area contributed by atoms with Gasteiger partial charge in [-0.05, 0) is 12.8 Å². The van der Waals surface area contributed by atoms with Crippen LogP contribution in [-0.2, 0) is 45.7 Å². The second kappa shape index (κ2) is 21.1. The summed E-state index contributed by atoms with van der Waals surface area (Å²) in [5, 5.41) is 72.4. The van der Waals surface area contributed by atoms with Crippen molar-refractivity contribution in [1.29, 1.82) is 0 Å². The van der Waals surface area contributed by atoms with Gasteiger partial charge in [0.2, 0.25) is 17.7 Å². The van der Waals surface area contributed by atoms with Crippen LogP contribution in [-0.4, -0.2) is 162 Å². The molecule has 50 heavy (non-hydrogen) atoms. The van der Waals surface area contributed by atoms with Crippen molar-refractivity contribution in [3.05, 3.63) is 11.9 Å². The Balaban J connectivity index is 1.82. The number of aliphatic imine (C=N–C) groups is 1. The standard InChI is InChI=1S/C26H44N10O13S/c27-13(2-1-3-30-26(28)29)22(44)31-7-17(38)32-14(6-18(39)40)23(45)33-15(24(46)47)11-50-10-12-8-36(35-34-12)4-5-48-25-21(43)20(42)19(41)16(9-37)49-25/h8,13-16,19-21,25,37,41-43H,1-7,9-11,27H2,(H,31,44)(H,32,38)(H,33,45)(H,39,40)(H,46,47)(H4,28,29,30)/t13-,14-,15-,16+,19+,20-,21+,25+/m0/s1. The largest absolute Gasteiger partial charge is 0.481 e. The van der Waals surface area contributed by atoms with Crippen LogP contribution in [0.15, 0.2) is 11.2 Å². The molecule has 3 amide bonds. The van der Waals surface area contributed by atoms with Crippen LogP contribution < -0.4 is 33.2 Å². The molecule has 1 fully saturated rings. The highest BCUT2D eigenvalue weighted by Crippen LogP contribution is 2.22. The number of nitrogens with zero attached hydrogens (tertiary/aromatic N) is 4. The summed E-state index contributed by atoms with van der Waals surface area (Å²) in [7, 11) is 0. The molecule has 1 aliphatic rings. The molecule has 0 bridgehead atoms. The number of aliphatic hydroxyl groups excluding tert-OH is 4. The zero-order valence-electron chi connectivity index (χ0n) is 26.7. The molecule has 0 aromatic carbocycles. The topological polar surface area (TPSA) is 382 Å². The molecule has 1 aliphatic heterocycles. The van der Waals surface area contributed by atoms with Crippen molar-refractivity contribution in [2.24, 2.45) is 22.2 Å². The number of aliphatic carboxylic acids is 2. The maximum Gasteiger partial charge on any atom is 0.327 e. The number of carbonyl (C=O) groups is 5. The fraction of sp³-hybridized carbons (Fsp3) is 0.692. The first-order valence-corrected chi connectivity index (χ1v) is 16.3. The van der Waals surface area contributed by atoms with Gasteiger partial charge < -0.3 is 73.3 Å². The first kappa shape index (κ1) is 42.0. The Labute approximate surface area is 288 Å². The quantitative estimate of drug-likeness (QED) is 0.0299. The van der Waals surface area contributed by atoms with Crippen molar-refractivity contribution < 1.29 is 64.1 Å². The highest BCUT2D eigenvalue weighted by Gasteiger charge is 2.44. The third kappa shape index (κ3) is 14.4. The second-order valence-electron chi connectivity index (χ2n) is 10.9. The van der Waals surface area contributed by atoms with Gasteiger partial charge >= 0.3 is 11.9 Å². The Bertz CT molecular complexity index is 1320. The Morgan fingerprint density at radius 2 is 1.78 bits per heavy atom. The van der Waals surface area contributed by atoms with Crippen LogP contribution in [0.3, 0.4) is 0 Å². The number of guanidine groups is 1. The maximum absolute atomic E-state index is 12.8. The van der Waals surface area contributed by atoms with Gasteiger partial charge in [-0.25, -0.2) is 9.48 Å². The molecule has 0 unspecified atom stereocenters. The molecule has 24 heteroatoms. The first-order chi connectivity index (χ1) is 23.6. The van der Waals surface area contributed by atoms with E-state index in [1.165, 1.54) is 10.9 Å². The number of carboxylic acids is 2. The number of aromatic nitrogens is 3. The highest BCUT2D eigenvalue weighted by molar-refractivity contribution is 7.98. The molecule has 282 valence electrons. The fourth-order valence-corrected chi connectivity index (χ4v) is 5.21. The summed E-state index contributed by atoms with van der Waals surface area (Å²) in [5.41, 5.74) is 16.6. The van der Waals surface area contributed by atoms with Crippen LogP contribution in [0.1, 0.15) is 25.0 Å². The van der Waals surface area contributed by atoms with Crippen molar-refractivity contribution in [2.45, 2.75) is 80.4 Å². The predicted molar refractivity (Wildman–Crippen MR) is 171 cm³/mol. The lowest BCUT2D eigenvalue weighted by Crippen LogP contribution is -2.59. The normalized spacial score (nSPS) is 22.1. The first-order valence-electron chi connectivity index (χ1n) is 15.1. The Morgan fingerprint density at radius 3 is 2.42 bits per heavy atom. The van der Waals surface area contributed by atoms with E-state index < -0.39 is 98.1 Å². The number of aliphatic hydroxyl groups is 4. The minimum absolute atomic E-state index is 0.0679. The molecule has 23 nitrogen and oxygen atoms in total. The number of hydrogen-bond acceptors (Lipinski definition) is 16. The van der Waals surface area contributed by atoms with Crippen molar-refractivity contribution in [2.75, 3.05) is 32.1 Å². The molecule has 1 saturated heterocycles. The monoisotopic (exact) mass is 736 g/mol. The van der Waals surface area contributed by atoms with E-state index in [2.05, 4.69) is 31.3 Å². The second-order valence-corrected chi connectivity index (χ2v) is 12.0. The summed E-state index contributed by atoms with van der Waals surface area (Å²) in [6.45, 7) is -0.954. The summed E-state index contributed by atoms with van der Waals surface area (Å²) >= 11 is 1.06. The summed E-state index contributed by atoms with van der Waals surface area (Å²) < 4.78 is 12.0. The van der Waals surface area contributed by atoms with Gasteiger partial charge in [-0.2, -0.15) is 11.8 Å². The van der Waals surface area contributed by atoms with Crippen LogP contribution in [0.5, 0.6) is 0 Å². The fourth-order valence-electron chi connectivity index (χ4n) is 4.29. The van der Waals surface area contributed by atoms with E-state index in [1.807, 2.05) is 0 Å². The van der Waals surface area contributed by atoms with Crippen LogP contribution in [0.25, 0.3) is 0 Å². The summed E-state index contributed by atoms with van der Waals surface area (Å²) in [5.74, 6) is -5.72. The van der Waals surface area contributed by atoms with Crippen molar-refractivity contribution >= 4 is 47.4 Å². The number of thioether (sulfide) groups is 1. The molecule has 15 N–H and O–H groups in total. The van der Waals surface area contributed by atoms with Gasteiger partial charge in [0.05, 0.1) is 44.5 Å². The van der Waals surface area contributed by atoms with E-state index in [9.17, 15) is 54.6 Å².